The number of allylic oxidation sites excluding steroid dienone is 6. The number of esters is 1. The number of aliphatic hydroxyl groups excluding tert-OH is 2. The molecule has 3 fully saturated rings. The molecule has 0 aromatic heterocycles. The van der Waals surface area contributed by atoms with Crippen molar-refractivity contribution in [3.8, 4) is 0 Å². The van der Waals surface area contributed by atoms with Gasteiger partial charge in [-0.2, -0.15) is 0 Å². The zero-order valence-electron chi connectivity index (χ0n) is 46.5. The first-order valence-electron chi connectivity index (χ1n) is 27.1. The van der Waals surface area contributed by atoms with E-state index < -0.39 is 103 Å². The summed E-state index contributed by atoms with van der Waals surface area (Å²) in [4.78, 5) is 72.6. The number of methoxy groups -OCH3 is 3. The molecule has 1 amide bonds. The van der Waals surface area contributed by atoms with Gasteiger partial charge in [0.15, 0.2) is 5.78 Å². The predicted molar refractivity (Wildman–Crippen MR) is 281 cm³/mol. The number of carbonyl (C=O) groups is 5. The third-order valence-electron chi connectivity index (χ3n) is 15.6. The zero-order chi connectivity index (χ0) is 55.6. The highest BCUT2D eigenvalue weighted by molar-refractivity contribution is 7.53. The van der Waals surface area contributed by atoms with Crippen LogP contribution in [0.2, 0.25) is 0 Å². The molecule has 426 valence electrons. The summed E-state index contributed by atoms with van der Waals surface area (Å²) in [6, 6.07) is -1.19. The van der Waals surface area contributed by atoms with Gasteiger partial charge in [0.2, 0.25) is 5.79 Å². The second-order valence-electron chi connectivity index (χ2n) is 21.6. The van der Waals surface area contributed by atoms with Crippen LogP contribution in [0.3, 0.4) is 0 Å². The van der Waals surface area contributed by atoms with Crippen LogP contribution in [0, 0.1) is 35.5 Å². The molecule has 4 aliphatic rings. The van der Waals surface area contributed by atoms with Gasteiger partial charge in [0.25, 0.3) is 11.7 Å². The van der Waals surface area contributed by atoms with Crippen molar-refractivity contribution in [2.24, 2.45) is 35.5 Å². The number of ketones is 3. The van der Waals surface area contributed by atoms with E-state index in [4.69, 9.17) is 42.6 Å². The minimum atomic E-state index is -3.51. The van der Waals surface area contributed by atoms with Gasteiger partial charge >= 0.3 is 13.6 Å². The quantitative estimate of drug-likeness (QED) is 0.0519. The number of hydrogen-bond acceptors (Lipinski definition) is 17. The molecule has 18 nitrogen and oxygen atoms in total. The molecule has 2 saturated heterocycles. The number of rotatable bonds is 14. The third-order valence-corrected chi connectivity index (χ3v) is 16.9. The van der Waals surface area contributed by atoms with Gasteiger partial charge in [0, 0.05) is 65.1 Å². The van der Waals surface area contributed by atoms with E-state index in [1.807, 2.05) is 51.2 Å². The van der Waals surface area contributed by atoms with Crippen LogP contribution in [-0.2, 0) is 66.0 Å². The molecule has 3 aliphatic heterocycles. The van der Waals surface area contributed by atoms with Crippen molar-refractivity contribution in [1.29, 1.82) is 0 Å². The number of ether oxygens (including phenoxy) is 6. The molecule has 19 heteroatoms. The fraction of sp³-hybridized carbons (Fsp3) is 0.768. The van der Waals surface area contributed by atoms with Gasteiger partial charge in [-0.15, -0.1) is 0 Å². The molecule has 4 unspecified atom stereocenters. The van der Waals surface area contributed by atoms with Crippen LogP contribution >= 0.6 is 7.60 Å². The number of Topliss-reactive ketones (excluding diaryl/α,β-unsaturated/α-hetero) is 3. The van der Waals surface area contributed by atoms with E-state index in [1.54, 1.807) is 48.0 Å². The van der Waals surface area contributed by atoms with Crippen LogP contribution in [0.15, 0.2) is 47.6 Å². The average molecular weight is 1080 g/mol. The second-order valence-corrected chi connectivity index (χ2v) is 23.6. The summed E-state index contributed by atoms with van der Waals surface area (Å²) >= 11 is 0. The molecule has 4 rings (SSSR count). The smallest absolute Gasteiger partial charge is 0.329 e. The van der Waals surface area contributed by atoms with Gasteiger partial charge in [-0.3, -0.25) is 23.7 Å². The van der Waals surface area contributed by atoms with E-state index in [1.165, 1.54) is 18.7 Å². The standard InChI is InChI=1S/C56H90NO17P/c1-35-17-13-12-14-18-36(2)47(67-8)33-43-22-20-41(7)56(65,73-43)53(62)54(63)57-24-16-15-19-44(57)55(64)72-48(34-45(59)37(3)30-40(6)51(61)52(69-10)50(60)39(5)29-35)38(4)31-42-21-23-46(49(32-42)68-9)74-75(11,66)71-28-27-70-26-25-58/h12-14,17-18,30,35,37-39,41-44,46-49,51-52,58,61,65H,15-16,19-29,31-34H2,1-11H3/b14-12+,17-13+,36-18+,40-30+/t35-,37-,38-,39-,41?,42+,43+,44?,46-,47+,48+,49-,51-,52+,56?,75?/m1/s1. The van der Waals surface area contributed by atoms with Crippen molar-refractivity contribution >= 4 is 36.8 Å². The van der Waals surface area contributed by atoms with Gasteiger partial charge in [-0.1, -0.05) is 71.1 Å². The number of cyclic esters (lactones) is 1. The van der Waals surface area contributed by atoms with Crippen molar-refractivity contribution in [2.45, 2.75) is 180 Å². The molecular weight excluding hydrogens is 990 g/mol. The summed E-state index contributed by atoms with van der Waals surface area (Å²) in [5.74, 6) is -8.47. The van der Waals surface area contributed by atoms with Crippen LogP contribution in [-0.4, -0.2) is 165 Å². The number of hydrogen-bond donors (Lipinski definition) is 3. The van der Waals surface area contributed by atoms with E-state index in [-0.39, 0.29) is 69.2 Å². The molecule has 3 heterocycles. The highest BCUT2D eigenvalue weighted by atomic mass is 31.2. The Morgan fingerprint density at radius 1 is 0.853 bits per heavy atom. The maximum Gasteiger partial charge on any atom is 0.329 e. The lowest BCUT2D eigenvalue weighted by Gasteiger charge is -2.42. The van der Waals surface area contributed by atoms with Crippen LogP contribution in [0.5, 0.6) is 0 Å². The van der Waals surface area contributed by atoms with Crippen LogP contribution in [0.1, 0.15) is 126 Å². The minimum Gasteiger partial charge on any atom is -0.460 e. The van der Waals surface area contributed by atoms with E-state index in [2.05, 4.69) is 0 Å². The Labute approximate surface area is 445 Å². The molecule has 16 atom stereocenters. The Morgan fingerprint density at radius 3 is 2.27 bits per heavy atom. The highest BCUT2D eigenvalue weighted by Gasteiger charge is 2.53. The van der Waals surface area contributed by atoms with Gasteiger partial charge in [0.1, 0.15) is 30.1 Å². The lowest BCUT2D eigenvalue weighted by Crippen LogP contribution is -2.61. The van der Waals surface area contributed by atoms with Crippen molar-refractivity contribution in [3.63, 3.8) is 0 Å². The minimum absolute atomic E-state index is 0.000234. The Morgan fingerprint density at radius 2 is 1.59 bits per heavy atom. The van der Waals surface area contributed by atoms with Crippen LogP contribution in [0.25, 0.3) is 0 Å². The molecule has 75 heavy (non-hydrogen) atoms. The van der Waals surface area contributed by atoms with Crippen molar-refractivity contribution in [2.75, 3.05) is 61.0 Å². The number of piperidine rings is 1. The number of carbonyl (C=O) groups excluding carboxylic acids is 5. The molecule has 0 spiro atoms. The zero-order valence-corrected chi connectivity index (χ0v) is 47.4. The number of fused-ring (bicyclic) bond motifs is 3. The second kappa shape index (κ2) is 30.8. The first-order chi connectivity index (χ1) is 35.5. The lowest BCUT2D eigenvalue weighted by molar-refractivity contribution is -0.265. The summed E-state index contributed by atoms with van der Waals surface area (Å²) in [6.45, 7) is 14.1. The molecule has 3 N–H and O–H groups in total. The molecule has 1 saturated carbocycles. The Kier molecular flexibility index (Phi) is 26.4. The third kappa shape index (κ3) is 18.7. The summed E-state index contributed by atoms with van der Waals surface area (Å²) in [7, 11) is 0.977. The number of nitrogens with zero attached hydrogens (tertiary/aromatic N) is 1. The van der Waals surface area contributed by atoms with Gasteiger partial charge in [0.05, 0.1) is 50.8 Å². The Bertz CT molecular complexity index is 2060. The van der Waals surface area contributed by atoms with Crippen molar-refractivity contribution < 1.29 is 81.3 Å². The van der Waals surface area contributed by atoms with E-state index >= 15 is 0 Å². The molecule has 0 aromatic carbocycles. The van der Waals surface area contributed by atoms with Gasteiger partial charge < -0.3 is 57.7 Å². The summed E-state index contributed by atoms with van der Waals surface area (Å²) in [5.41, 5.74) is 1.22. The Balaban J connectivity index is 1.66. The lowest BCUT2D eigenvalue weighted by atomic mass is 9.78. The van der Waals surface area contributed by atoms with Crippen molar-refractivity contribution in [1.82, 2.24) is 4.90 Å². The first-order valence-corrected chi connectivity index (χ1v) is 29.1. The molecule has 0 aromatic rings. The molecule has 2 bridgehead atoms. The van der Waals surface area contributed by atoms with Crippen LogP contribution in [0.4, 0.5) is 0 Å². The highest BCUT2D eigenvalue weighted by Crippen LogP contribution is 2.48. The predicted octanol–water partition coefficient (Wildman–Crippen LogP) is 7.05. The van der Waals surface area contributed by atoms with Crippen molar-refractivity contribution in [3.05, 3.63) is 47.6 Å². The van der Waals surface area contributed by atoms with E-state index in [0.29, 0.717) is 69.8 Å². The molecular formula is C56H90NO17P. The number of amides is 1. The van der Waals surface area contributed by atoms with E-state index in [0.717, 1.165) is 5.57 Å². The Hall–Kier alpha value is -3.26. The van der Waals surface area contributed by atoms with Crippen LogP contribution < -0.4 is 0 Å². The van der Waals surface area contributed by atoms with Gasteiger partial charge in [-0.25, -0.2) is 4.79 Å². The average Bonchev–Trinajstić information content (AvgIpc) is 3.37. The molecule has 1 aliphatic carbocycles. The largest absolute Gasteiger partial charge is 0.460 e. The normalized spacial score (nSPS) is 37.5. The summed E-state index contributed by atoms with van der Waals surface area (Å²) in [6.07, 6.45) is 10.3. The SMILES string of the molecule is CO[C@H]1C[C@@H]2CCC(C)C(O)(O2)C(=O)C(=O)N2CCCCC2C(=O)O[C@H]([C@H](C)C[C@@H]2CC[C@@H](OP(C)(=O)OCCOCCO)[C@H](OC)C2)CC(=O)[C@H](C)/C=C(\C)[C@@H](O)[C@@H](OC)C(=O)[C@H](C)C[C@H](C)/C=C/C=C/C=C/1C. The maximum atomic E-state index is 14.6. The summed E-state index contributed by atoms with van der Waals surface area (Å²) < 4.78 is 59.8. The van der Waals surface area contributed by atoms with E-state index in [9.17, 15) is 38.8 Å². The first kappa shape index (κ1) is 64.3. The summed E-state index contributed by atoms with van der Waals surface area (Å²) in [5, 5.41) is 32.5. The monoisotopic (exact) mass is 1080 g/mol. The fourth-order valence-electron chi connectivity index (χ4n) is 10.9. The number of aliphatic hydroxyl groups is 3. The molecule has 0 radical (unpaired) electrons. The maximum absolute atomic E-state index is 14.6. The topological polar surface area (TPSA) is 240 Å². The van der Waals surface area contributed by atoms with Gasteiger partial charge in [-0.05, 0) is 107 Å². The fourth-order valence-corrected chi connectivity index (χ4v) is 12.1.